The first kappa shape index (κ1) is 27.7. The normalized spacial score (nSPS) is 16.1. The van der Waals surface area contributed by atoms with Gasteiger partial charge in [0.05, 0.1) is 18.8 Å². The lowest BCUT2D eigenvalue weighted by molar-refractivity contribution is -0.144. The van der Waals surface area contributed by atoms with Gasteiger partial charge in [-0.1, -0.05) is 20.3 Å². The van der Waals surface area contributed by atoms with E-state index in [0.29, 0.717) is 25.8 Å². The molecule has 30 heavy (non-hydrogen) atoms. The smallest absolute Gasteiger partial charge is 0.328 e. The molecule has 0 spiro atoms. The highest BCUT2D eigenvalue weighted by Gasteiger charge is 2.33. The average molecular weight is 434 g/mol. The van der Waals surface area contributed by atoms with Crippen molar-refractivity contribution in [3.8, 4) is 0 Å². The van der Waals surface area contributed by atoms with Crippen molar-refractivity contribution in [3.05, 3.63) is 0 Å². The van der Waals surface area contributed by atoms with Crippen molar-refractivity contribution in [2.45, 2.75) is 70.3 Å². The van der Waals surface area contributed by atoms with Crippen molar-refractivity contribution in [1.82, 2.24) is 16.0 Å². The molecule has 174 valence electrons. The molecule has 5 atom stereocenters. The quantitative estimate of drug-likeness (QED) is 0.131. The summed E-state index contributed by atoms with van der Waals surface area (Å²) in [5.41, 5.74) is 11.2. The van der Waals surface area contributed by atoms with E-state index in [9.17, 15) is 24.3 Å². The van der Waals surface area contributed by atoms with Gasteiger partial charge in [0.2, 0.25) is 17.7 Å². The molecule has 12 heteroatoms. The van der Waals surface area contributed by atoms with Crippen LogP contribution in [-0.2, 0) is 19.2 Å². The predicted molar refractivity (Wildman–Crippen MR) is 108 cm³/mol. The van der Waals surface area contributed by atoms with Crippen LogP contribution in [0.3, 0.4) is 0 Å². The fraction of sp³-hybridized carbons (Fsp3) is 0.778. The second-order valence-corrected chi connectivity index (χ2v) is 7.43. The highest BCUT2D eigenvalue weighted by molar-refractivity contribution is 5.94. The van der Waals surface area contributed by atoms with E-state index < -0.39 is 60.6 Å². The second-order valence-electron chi connectivity index (χ2n) is 7.43. The number of aliphatic carboxylic acids is 1. The molecule has 0 aliphatic rings. The molecule has 0 aromatic carbocycles. The fourth-order valence-corrected chi connectivity index (χ4v) is 2.53. The van der Waals surface area contributed by atoms with Gasteiger partial charge in [0.1, 0.15) is 18.1 Å². The van der Waals surface area contributed by atoms with Crippen LogP contribution >= 0.6 is 0 Å². The molecule has 0 aliphatic heterocycles. The summed E-state index contributed by atoms with van der Waals surface area (Å²) >= 11 is 0. The maximum absolute atomic E-state index is 12.7. The molecule has 5 unspecified atom stereocenters. The lowest BCUT2D eigenvalue weighted by Crippen LogP contribution is -2.61. The van der Waals surface area contributed by atoms with Crippen LogP contribution in [0.2, 0.25) is 0 Å². The fourth-order valence-electron chi connectivity index (χ4n) is 2.53. The van der Waals surface area contributed by atoms with Gasteiger partial charge in [-0.15, -0.1) is 0 Å². The molecule has 12 nitrogen and oxygen atoms in total. The van der Waals surface area contributed by atoms with Crippen LogP contribution in [0.1, 0.15) is 40.0 Å². The summed E-state index contributed by atoms with van der Waals surface area (Å²) < 4.78 is 0. The number of rotatable bonds is 14. The Hall–Kier alpha value is -2.28. The van der Waals surface area contributed by atoms with Crippen molar-refractivity contribution in [2.24, 2.45) is 17.4 Å². The van der Waals surface area contributed by atoms with Gasteiger partial charge in [-0.2, -0.15) is 0 Å². The number of carboxylic acid groups (broad SMARTS) is 1. The summed E-state index contributed by atoms with van der Waals surface area (Å²) in [6.45, 7) is 4.19. The summed E-state index contributed by atoms with van der Waals surface area (Å²) in [6, 6.07) is -4.97. The van der Waals surface area contributed by atoms with E-state index in [1.807, 2.05) is 5.32 Å². The predicted octanol–water partition coefficient (Wildman–Crippen LogP) is -2.99. The van der Waals surface area contributed by atoms with E-state index in [1.165, 1.54) is 6.92 Å². The van der Waals surface area contributed by atoms with Crippen LogP contribution in [0.15, 0.2) is 0 Å². The molecule has 0 aromatic rings. The molecule has 0 rings (SSSR count). The van der Waals surface area contributed by atoms with Crippen molar-refractivity contribution < 1.29 is 34.5 Å². The Labute approximate surface area is 175 Å². The van der Waals surface area contributed by atoms with Crippen molar-refractivity contribution in [2.75, 3.05) is 13.2 Å². The van der Waals surface area contributed by atoms with Gasteiger partial charge in [-0.3, -0.25) is 14.4 Å². The third-order valence-corrected chi connectivity index (χ3v) is 4.41. The highest BCUT2D eigenvalue weighted by Crippen LogP contribution is 2.06. The van der Waals surface area contributed by atoms with Gasteiger partial charge in [-0.25, -0.2) is 4.79 Å². The Kier molecular flexibility index (Phi) is 12.8. The number of nitrogens with two attached hydrogens (primary N) is 2. The zero-order chi connectivity index (χ0) is 23.4. The topological polar surface area (TPSA) is 217 Å². The van der Waals surface area contributed by atoms with Gasteiger partial charge in [-0.05, 0) is 32.2 Å². The number of unbranched alkanes of at least 4 members (excludes halogenated alkanes) is 1. The Morgan fingerprint density at radius 1 is 0.900 bits per heavy atom. The molecule has 10 N–H and O–H groups in total. The number of aliphatic hydroxyl groups excluding tert-OH is 2. The lowest BCUT2D eigenvalue weighted by Gasteiger charge is -2.27. The first-order chi connectivity index (χ1) is 14.0. The minimum absolute atomic E-state index is 0.368. The average Bonchev–Trinajstić information content (AvgIpc) is 2.66. The molecule has 0 fully saturated rings. The van der Waals surface area contributed by atoms with E-state index in [2.05, 4.69) is 10.6 Å². The van der Waals surface area contributed by atoms with Gasteiger partial charge < -0.3 is 42.7 Å². The van der Waals surface area contributed by atoms with E-state index in [1.54, 1.807) is 13.8 Å². The van der Waals surface area contributed by atoms with Crippen LogP contribution in [-0.4, -0.2) is 82.4 Å². The maximum Gasteiger partial charge on any atom is 0.328 e. The molecule has 0 heterocycles. The largest absolute Gasteiger partial charge is 0.480 e. The minimum Gasteiger partial charge on any atom is -0.480 e. The minimum atomic E-state index is -1.59. The summed E-state index contributed by atoms with van der Waals surface area (Å²) in [6.07, 6.45) is 0.394. The molecular weight excluding hydrogens is 398 g/mol. The molecule has 3 amide bonds. The number of hydrogen-bond donors (Lipinski definition) is 8. The second kappa shape index (κ2) is 13.9. The Morgan fingerprint density at radius 3 is 1.87 bits per heavy atom. The Balaban J connectivity index is 5.16. The lowest BCUT2D eigenvalue weighted by atomic mass is 10.0. The van der Waals surface area contributed by atoms with Gasteiger partial charge >= 0.3 is 5.97 Å². The number of carbonyl (C=O) groups excluding carboxylic acids is 3. The molecule has 0 aromatic heterocycles. The van der Waals surface area contributed by atoms with E-state index in [4.69, 9.17) is 21.7 Å². The maximum atomic E-state index is 12.7. The molecule has 0 saturated carbocycles. The number of amides is 3. The summed E-state index contributed by atoms with van der Waals surface area (Å²) in [5, 5.41) is 34.7. The van der Waals surface area contributed by atoms with Crippen molar-refractivity contribution in [1.29, 1.82) is 0 Å². The third-order valence-electron chi connectivity index (χ3n) is 4.41. The summed E-state index contributed by atoms with van der Waals surface area (Å²) in [4.78, 5) is 48.2. The van der Waals surface area contributed by atoms with Crippen LogP contribution in [0.4, 0.5) is 0 Å². The zero-order valence-electron chi connectivity index (χ0n) is 17.6. The highest BCUT2D eigenvalue weighted by atomic mass is 16.4. The molecule has 0 bridgehead atoms. The standard InChI is InChI=1S/C18H35N5O7/c1-9(2)13(22-15(26)11(20)6-4-5-7-19)16(27)23-14(10(3)25)17(28)21-12(8-24)18(29)30/h9-14,24-25H,4-8,19-20H2,1-3H3,(H,21,28)(H,22,26)(H,23,27)(H,29,30). The van der Waals surface area contributed by atoms with E-state index in [0.717, 1.165) is 0 Å². The van der Waals surface area contributed by atoms with Crippen LogP contribution < -0.4 is 27.4 Å². The van der Waals surface area contributed by atoms with Gasteiger partial charge in [0.15, 0.2) is 0 Å². The Bertz CT molecular complexity index is 585. The SMILES string of the molecule is CC(C)C(NC(=O)C(N)CCCCN)C(=O)NC(C(=O)NC(CO)C(=O)O)C(C)O. The Morgan fingerprint density at radius 2 is 1.43 bits per heavy atom. The summed E-state index contributed by atoms with van der Waals surface area (Å²) in [7, 11) is 0. The van der Waals surface area contributed by atoms with Crippen LogP contribution in [0.25, 0.3) is 0 Å². The van der Waals surface area contributed by atoms with Gasteiger partial charge in [0.25, 0.3) is 0 Å². The van der Waals surface area contributed by atoms with Crippen LogP contribution in [0.5, 0.6) is 0 Å². The molecule has 0 aliphatic carbocycles. The number of carbonyl (C=O) groups is 4. The van der Waals surface area contributed by atoms with Crippen molar-refractivity contribution >= 4 is 23.7 Å². The molecule has 0 saturated heterocycles. The first-order valence-electron chi connectivity index (χ1n) is 9.84. The van der Waals surface area contributed by atoms with Gasteiger partial charge in [0, 0.05) is 0 Å². The number of aliphatic hydroxyl groups is 2. The first-order valence-corrected chi connectivity index (χ1v) is 9.84. The summed E-state index contributed by atoms with van der Waals surface area (Å²) in [5.74, 6) is -4.12. The van der Waals surface area contributed by atoms with Crippen molar-refractivity contribution in [3.63, 3.8) is 0 Å². The monoisotopic (exact) mass is 433 g/mol. The number of carboxylic acids is 1. The van der Waals surface area contributed by atoms with Crippen LogP contribution in [0, 0.1) is 5.92 Å². The van der Waals surface area contributed by atoms with E-state index in [-0.39, 0.29) is 5.92 Å². The zero-order valence-corrected chi connectivity index (χ0v) is 17.6. The molecular formula is C18H35N5O7. The third kappa shape index (κ3) is 9.48. The molecule has 0 radical (unpaired) electrons. The van der Waals surface area contributed by atoms with E-state index >= 15 is 0 Å². The number of hydrogen-bond acceptors (Lipinski definition) is 8. The number of nitrogens with one attached hydrogen (secondary N) is 3.